The molecule has 11 heteroatoms. The molecule has 0 aromatic heterocycles. The highest BCUT2D eigenvalue weighted by Gasteiger charge is 2.54. The van der Waals surface area contributed by atoms with Crippen molar-refractivity contribution in [2.75, 3.05) is 6.16 Å². The normalized spacial score (nSPS) is 29.7. The summed E-state index contributed by atoms with van der Waals surface area (Å²) in [7, 11) is -9.60. The second kappa shape index (κ2) is 38.0. The van der Waals surface area contributed by atoms with Crippen molar-refractivity contribution in [3.63, 3.8) is 0 Å². The van der Waals surface area contributed by atoms with E-state index in [2.05, 4.69) is 182 Å². The first-order chi connectivity index (χ1) is 50.3. The minimum atomic E-state index is -2.74. The van der Waals surface area contributed by atoms with Gasteiger partial charge in [-0.3, -0.25) is 4.79 Å². The Morgan fingerprint density at radius 2 is 0.907 bits per heavy atom. The Morgan fingerprint density at radius 1 is 0.523 bits per heavy atom. The quantitative estimate of drug-likeness (QED) is 0.0459. The monoisotopic (exact) mass is 1560 g/mol. The lowest BCUT2D eigenvalue weighted by Crippen LogP contribution is -2.46. The molecule has 2 aromatic rings. The van der Waals surface area contributed by atoms with Crippen LogP contribution >= 0.6 is 7.14 Å². The van der Waals surface area contributed by atoms with Crippen molar-refractivity contribution in [2.24, 2.45) is 58.2 Å². The number of ketones is 1. The van der Waals surface area contributed by atoms with Crippen LogP contribution in [0, 0.1) is 58.2 Å². The summed E-state index contributed by atoms with van der Waals surface area (Å²) in [5.74, 6) is 5.78. The molecule has 8 aliphatic carbocycles. The van der Waals surface area contributed by atoms with Gasteiger partial charge in [-0.05, 0) is 258 Å². The lowest BCUT2D eigenvalue weighted by Gasteiger charge is -2.45. The molecule has 12 atom stereocenters. The topological polar surface area (TPSA) is 71.1 Å². The van der Waals surface area contributed by atoms with E-state index >= 15 is 0 Å². The highest BCUT2D eigenvalue weighted by molar-refractivity contribution is 7.78. The average Bonchev–Trinajstić information content (AvgIpc) is 1.63. The molecule has 10 rings (SSSR count). The van der Waals surface area contributed by atoms with Gasteiger partial charge >= 0.3 is 0 Å². The Labute approximate surface area is 664 Å². The van der Waals surface area contributed by atoms with Crippen molar-refractivity contribution in [3.8, 4) is 0 Å². The van der Waals surface area contributed by atoms with E-state index in [0.29, 0.717) is 40.5 Å². The SMILES string of the molecule is C=C1[C@H](C)C/C(=C\C=C2/CCC[C@@]3(C)C2CCC3[C@@H](C)CCCC2(O[Si](CC)(CC)CC)CCCC2)C[C@H]1O[Si](C)(C)C(C)(C)C.C=C1[C@H](C)C/C(=C\CP(=O)(c2ccccc2)c2ccccc2)C[C@H]1O[Si](C)(C)C(C)(C)C.CC[Si](CC)(CC)OC1(CCC[C@H](C)C2CC[C@H]3C(=O)CCC[C@]23C)CCCC1. The zero-order valence-electron chi connectivity index (χ0n) is 73.3. The van der Waals surface area contributed by atoms with Gasteiger partial charge in [0, 0.05) is 29.1 Å². The minimum Gasteiger partial charge on any atom is -0.411 e. The minimum absolute atomic E-state index is 0.0544. The van der Waals surface area contributed by atoms with Crippen molar-refractivity contribution in [2.45, 2.75) is 400 Å². The lowest BCUT2D eigenvalue weighted by atomic mass is 9.60. The Hall–Kier alpha value is -2.25. The maximum atomic E-state index is 14.4. The van der Waals surface area contributed by atoms with Crippen LogP contribution in [0.1, 0.15) is 304 Å². The molecular formula is C96H163O6PSi4. The summed E-state index contributed by atoms with van der Waals surface area (Å²) in [6, 6.07) is 27.6. The van der Waals surface area contributed by atoms with Gasteiger partial charge in [0.15, 0.2) is 33.3 Å². The molecule has 2 aromatic carbocycles. The zero-order valence-corrected chi connectivity index (χ0v) is 78.2. The first-order valence-electron chi connectivity index (χ1n) is 44.7. The fourth-order valence-electron chi connectivity index (χ4n) is 22.1. The van der Waals surface area contributed by atoms with E-state index in [-0.39, 0.29) is 33.5 Å². The van der Waals surface area contributed by atoms with Crippen LogP contribution in [0.15, 0.2) is 120 Å². The van der Waals surface area contributed by atoms with Gasteiger partial charge in [0.2, 0.25) is 0 Å². The van der Waals surface area contributed by atoms with E-state index in [1.54, 1.807) is 11.1 Å². The van der Waals surface area contributed by atoms with Gasteiger partial charge in [-0.15, -0.1) is 0 Å². The van der Waals surface area contributed by atoms with Gasteiger partial charge in [-0.25, -0.2) is 0 Å². The molecule has 604 valence electrons. The van der Waals surface area contributed by atoms with Crippen molar-refractivity contribution >= 4 is 56.8 Å². The van der Waals surface area contributed by atoms with Crippen LogP contribution in [-0.2, 0) is 27.1 Å². The number of rotatable bonds is 29. The molecule has 3 unspecified atom stereocenters. The second-order valence-corrected chi connectivity index (χ2v) is 62.2. The van der Waals surface area contributed by atoms with E-state index in [1.165, 1.54) is 188 Å². The fraction of sp³-hybridized carbons (Fsp3) is 0.760. The summed E-state index contributed by atoms with van der Waals surface area (Å²) in [6.07, 6.45) is 43.5. The van der Waals surface area contributed by atoms with Crippen LogP contribution in [0.3, 0.4) is 0 Å². The highest BCUT2D eigenvalue weighted by Crippen LogP contribution is 2.61. The van der Waals surface area contributed by atoms with Crippen LogP contribution in [0.4, 0.5) is 0 Å². The molecule has 107 heavy (non-hydrogen) atoms. The fourth-order valence-corrected chi connectivity index (χ4v) is 33.5. The largest absolute Gasteiger partial charge is 0.411 e. The number of benzene rings is 2. The maximum absolute atomic E-state index is 14.4. The first-order valence-corrected chi connectivity index (χ1v) is 57.5. The molecule has 0 radical (unpaired) electrons. The van der Waals surface area contributed by atoms with Gasteiger partial charge < -0.3 is 22.3 Å². The molecule has 8 saturated carbocycles. The van der Waals surface area contributed by atoms with Crippen molar-refractivity contribution in [1.82, 2.24) is 0 Å². The van der Waals surface area contributed by atoms with Crippen LogP contribution in [-0.4, -0.2) is 68.6 Å². The third-order valence-corrected chi connectivity index (χ3v) is 53.2. The predicted molar refractivity (Wildman–Crippen MR) is 474 cm³/mol. The number of carbonyl (C=O) groups is 1. The second-order valence-electron chi connectivity index (χ2n) is 40.4. The summed E-state index contributed by atoms with van der Waals surface area (Å²) in [6.45, 7) is 61.4. The third-order valence-electron chi connectivity index (χ3n) is 31.8. The Kier molecular flexibility index (Phi) is 32.1. The molecule has 6 nitrogen and oxygen atoms in total. The Bertz CT molecular complexity index is 3250. The number of fused-ring (bicyclic) bond motifs is 2. The third kappa shape index (κ3) is 21.6. The van der Waals surface area contributed by atoms with Gasteiger partial charge in [0.25, 0.3) is 0 Å². The molecule has 0 bridgehead atoms. The van der Waals surface area contributed by atoms with Gasteiger partial charge in [0.05, 0.1) is 23.4 Å². The summed E-state index contributed by atoms with van der Waals surface area (Å²) >= 11 is 0. The number of allylic oxidation sites excluding steroid dienone is 4. The van der Waals surface area contributed by atoms with Crippen molar-refractivity contribution in [1.29, 1.82) is 0 Å². The molecular weight excluding hydrogens is 1390 g/mol. The smallest absolute Gasteiger partial charge is 0.192 e. The predicted octanol–water partition coefficient (Wildman–Crippen LogP) is 28.8. The van der Waals surface area contributed by atoms with Gasteiger partial charge in [-0.1, -0.05) is 285 Å². The van der Waals surface area contributed by atoms with E-state index in [4.69, 9.17) is 17.7 Å². The van der Waals surface area contributed by atoms with Crippen molar-refractivity contribution < 1.29 is 27.1 Å². The average molecular weight is 1560 g/mol. The molecule has 0 heterocycles. The Morgan fingerprint density at radius 3 is 1.32 bits per heavy atom. The molecule has 0 saturated heterocycles. The summed E-state index contributed by atoms with van der Waals surface area (Å²) < 4.78 is 42.6. The van der Waals surface area contributed by atoms with Gasteiger partial charge in [-0.2, -0.15) is 0 Å². The van der Waals surface area contributed by atoms with E-state index in [1.807, 2.05) is 60.7 Å². The van der Waals surface area contributed by atoms with Gasteiger partial charge in [0.1, 0.15) is 12.9 Å². The molecule has 0 amide bonds. The molecule has 0 spiro atoms. The highest BCUT2D eigenvalue weighted by atomic mass is 31.2. The summed E-state index contributed by atoms with van der Waals surface area (Å²) in [5.41, 5.74) is 8.40. The zero-order chi connectivity index (χ0) is 78.7. The van der Waals surface area contributed by atoms with Crippen LogP contribution in [0.2, 0.25) is 72.5 Å². The van der Waals surface area contributed by atoms with E-state index < -0.39 is 40.4 Å². The molecule has 0 N–H and O–H groups in total. The number of hydrogen-bond acceptors (Lipinski definition) is 6. The molecule has 8 fully saturated rings. The van der Waals surface area contributed by atoms with Crippen LogP contribution < -0.4 is 10.6 Å². The maximum Gasteiger partial charge on any atom is 0.192 e. The molecule has 0 aliphatic heterocycles. The molecule has 8 aliphatic rings. The number of Topliss-reactive ketones (excluding diaryl/α,β-unsaturated/α-hetero) is 1. The van der Waals surface area contributed by atoms with Crippen LogP contribution in [0.5, 0.6) is 0 Å². The summed E-state index contributed by atoms with van der Waals surface area (Å²) in [5, 5.41) is 2.23. The Balaban J connectivity index is 0.000000210. The van der Waals surface area contributed by atoms with Crippen molar-refractivity contribution in [3.05, 3.63) is 120 Å². The van der Waals surface area contributed by atoms with Crippen LogP contribution in [0.25, 0.3) is 0 Å². The summed E-state index contributed by atoms with van der Waals surface area (Å²) in [4.78, 5) is 12.5. The number of hydrogen-bond donors (Lipinski definition) is 0. The first kappa shape index (κ1) is 90.3. The standard InChI is InChI=1S/C42H76O2Si2.C28H39O2PSi.C26H48O2Si/c1-13-46(14-2,15-3)44-42(27-16-17-28-42)29-18-20-32(4)37-24-25-38-36(21-19-26-41(37,38)10)23-22-35-30-33(5)34(6)39(31-35)43-45(11,12)40(7,8)9;1-22-20-24(21-27(23(22)2)30-32(6,7)28(3,4)5)18-19-31(29,25-14-10-8-11-15-25)26-16-12-9-13-17-26;1-6-29(7-2,8-3)28-26(18-9-10-19-26)20-11-13-21(4)22-15-16-23-24(27)14-12-17-25(22,23)5/h22-23,32-33,37-39H,6,13-21,24-31H2,1-5,7-12H3;8-18,22,27H,2,19-21H2,1,3-7H3;21-23H,6-20H2,1-5H3/b35-22+,36-23+;24-18+;/t32-,33+,37?,38?,39+,41+;22-,27-;21-,22?,23-,25+/m010/s1. The van der Waals surface area contributed by atoms with E-state index in [9.17, 15) is 9.36 Å². The lowest BCUT2D eigenvalue weighted by molar-refractivity contribution is -0.130. The van der Waals surface area contributed by atoms with E-state index in [0.717, 1.165) is 85.1 Å². The number of carbonyl (C=O) groups excluding carboxylic acids is 1.